The topological polar surface area (TPSA) is 75.6 Å². The highest BCUT2D eigenvalue weighted by Crippen LogP contribution is 2.34. The molecule has 0 radical (unpaired) electrons. The number of aromatic nitrogens is 2. The number of carbonyl (C=O) groups excluding carboxylic acids is 2. The molecule has 0 aliphatic carbocycles. The van der Waals surface area contributed by atoms with Gasteiger partial charge in [0, 0.05) is 48.9 Å². The summed E-state index contributed by atoms with van der Waals surface area (Å²) in [6.45, 7) is 2.70. The second kappa shape index (κ2) is 6.81. The number of amides is 2. The molecule has 140 valence electrons. The van der Waals surface area contributed by atoms with Gasteiger partial charge in [-0.05, 0) is 31.2 Å². The number of ether oxygens (including phenoxy) is 1. The van der Waals surface area contributed by atoms with Gasteiger partial charge in [0.1, 0.15) is 5.82 Å². The quantitative estimate of drug-likeness (QED) is 0.804. The molecular weight excluding hydrogens is 368 g/mol. The fourth-order valence-corrected chi connectivity index (χ4v) is 3.90. The van der Waals surface area contributed by atoms with Gasteiger partial charge in [-0.1, -0.05) is 11.6 Å². The molecule has 2 aliphatic rings. The Kier molecular flexibility index (Phi) is 4.47. The number of halogens is 1. The molecule has 2 fully saturated rings. The van der Waals surface area contributed by atoms with E-state index < -0.39 is 6.10 Å². The summed E-state index contributed by atoms with van der Waals surface area (Å²) in [5.41, 5.74) is 0.581. The first-order valence-electron chi connectivity index (χ1n) is 8.72. The molecule has 3 heterocycles. The molecule has 1 aromatic carbocycles. The number of likely N-dealkylation sites (N-methyl/N-ethyl adjacent to an activating group) is 1. The minimum absolute atomic E-state index is 0.0679. The van der Waals surface area contributed by atoms with Crippen LogP contribution in [0.2, 0.25) is 5.02 Å². The van der Waals surface area contributed by atoms with Crippen molar-refractivity contribution in [2.75, 3.05) is 20.1 Å². The zero-order chi connectivity index (χ0) is 19.1. The van der Waals surface area contributed by atoms with Gasteiger partial charge >= 0.3 is 0 Å². The molecule has 2 amide bonds. The van der Waals surface area contributed by atoms with Gasteiger partial charge < -0.3 is 14.5 Å². The molecule has 7 nitrogen and oxygen atoms in total. The lowest BCUT2D eigenvalue weighted by Crippen LogP contribution is -2.40. The molecule has 4 rings (SSSR count). The SMILES string of the molecule is Cc1nccc(O[C@@H]2C(=O)N(C)[C@@H]3CN(C(=O)c4ccc(Cl)cc4)C[C@H]23)n1. The maximum absolute atomic E-state index is 12.8. The number of likely N-dealkylation sites (tertiary alicyclic amines) is 2. The molecule has 0 bridgehead atoms. The van der Waals surface area contributed by atoms with Crippen molar-refractivity contribution in [1.29, 1.82) is 0 Å². The van der Waals surface area contributed by atoms with E-state index in [1.165, 1.54) is 0 Å². The number of fused-ring (bicyclic) bond motifs is 1. The van der Waals surface area contributed by atoms with E-state index in [2.05, 4.69) is 9.97 Å². The van der Waals surface area contributed by atoms with Gasteiger partial charge in [0.15, 0.2) is 6.10 Å². The Hall–Kier alpha value is -2.67. The van der Waals surface area contributed by atoms with Crippen molar-refractivity contribution in [2.24, 2.45) is 5.92 Å². The van der Waals surface area contributed by atoms with Gasteiger partial charge in [-0.3, -0.25) is 9.59 Å². The molecule has 27 heavy (non-hydrogen) atoms. The third-order valence-electron chi connectivity index (χ3n) is 5.19. The van der Waals surface area contributed by atoms with Gasteiger partial charge in [0.2, 0.25) is 5.88 Å². The van der Waals surface area contributed by atoms with Gasteiger partial charge in [0.05, 0.1) is 6.04 Å². The molecule has 8 heteroatoms. The number of hydrogen-bond donors (Lipinski definition) is 0. The largest absolute Gasteiger partial charge is 0.464 e. The summed E-state index contributed by atoms with van der Waals surface area (Å²) < 4.78 is 5.90. The maximum Gasteiger partial charge on any atom is 0.264 e. The molecule has 0 spiro atoms. The predicted octanol–water partition coefficient (Wildman–Crippen LogP) is 1.80. The number of hydrogen-bond acceptors (Lipinski definition) is 5. The Labute approximate surface area is 161 Å². The van der Waals surface area contributed by atoms with E-state index in [1.807, 2.05) is 0 Å². The van der Waals surface area contributed by atoms with Crippen molar-refractivity contribution in [3.05, 3.63) is 52.9 Å². The number of rotatable bonds is 3. The zero-order valence-electron chi connectivity index (χ0n) is 15.0. The molecule has 2 aromatic rings. The summed E-state index contributed by atoms with van der Waals surface area (Å²) in [5.74, 6) is 0.693. The summed E-state index contributed by atoms with van der Waals surface area (Å²) in [7, 11) is 1.75. The molecule has 0 saturated carbocycles. The summed E-state index contributed by atoms with van der Waals surface area (Å²) in [4.78, 5) is 37.1. The molecule has 2 saturated heterocycles. The van der Waals surface area contributed by atoms with Gasteiger partial charge in [-0.2, -0.15) is 4.98 Å². The van der Waals surface area contributed by atoms with Crippen LogP contribution >= 0.6 is 11.6 Å². The van der Waals surface area contributed by atoms with Crippen LogP contribution in [0.15, 0.2) is 36.5 Å². The molecule has 3 atom stereocenters. The number of nitrogens with zero attached hydrogens (tertiary/aromatic N) is 4. The smallest absolute Gasteiger partial charge is 0.264 e. The fraction of sp³-hybridized carbons (Fsp3) is 0.368. The van der Waals surface area contributed by atoms with Crippen LogP contribution in [0.1, 0.15) is 16.2 Å². The lowest BCUT2D eigenvalue weighted by atomic mass is 10.0. The number of aryl methyl sites for hydroxylation is 1. The van der Waals surface area contributed by atoms with E-state index in [9.17, 15) is 9.59 Å². The highest BCUT2D eigenvalue weighted by atomic mass is 35.5. The Morgan fingerprint density at radius 3 is 2.67 bits per heavy atom. The summed E-state index contributed by atoms with van der Waals surface area (Å²) in [5, 5.41) is 0.587. The van der Waals surface area contributed by atoms with Crippen molar-refractivity contribution in [1.82, 2.24) is 19.8 Å². The van der Waals surface area contributed by atoms with E-state index in [0.717, 1.165) is 0 Å². The predicted molar refractivity (Wildman–Crippen MR) is 98.6 cm³/mol. The van der Waals surface area contributed by atoms with Gasteiger partial charge in [-0.25, -0.2) is 4.98 Å². The second-order valence-corrected chi connectivity index (χ2v) is 7.31. The van der Waals surface area contributed by atoms with Crippen LogP contribution in [0.3, 0.4) is 0 Å². The van der Waals surface area contributed by atoms with Gasteiger partial charge in [0.25, 0.3) is 11.8 Å². The lowest BCUT2D eigenvalue weighted by Gasteiger charge is -2.22. The minimum Gasteiger partial charge on any atom is -0.464 e. The van der Waals surface area contributed by atoms with Crippen LogP contribution in [0.4, 0.5) is 0 Å². The van der Waals surface area contributed by atoms with Gasteiger partial charge in [-0.15, -0.1) is 0 Å². The number of benzene rings is 1. The third kappa shape index (κ3) is 3.23. The average Bonchev–Trinajstić information content (AvgIpc) is 3.17. The van der Waals surface area contributed by atoms with Crippen molar-refractivity contribution in [2.45, 2.75) is 19.1 Å². The van der Waals surface area contributed by atoms with E-state index in [-0.39, 0.29) is 23.8 Å². The van der Waals surface area contributed by atoms with Crippen LogP contribution < -0.4 is 4.74 Å². The normalized spacial score (nSPS) is 24.3. The minimum atomic E-state index is -0.655. The van der Waals surface area contributed by atoms with Crippen LogP contribution in [0.5, 0.6) is 5.88 Å². The van der Waals surface area contributed by atoms with Crippen LogP contribution in [0, 0.1) is 12.8 Å². The summed E-state index contributed by atoms with van der Waals surface area (Å²) >= 11 is 5.90. The third-order valence-corrected chi connectivity index (χ3v) is 5.44. The van der Waals surface area contributed by atoms with Crippen molar-refractivity contribution in [3.8, 4) is 5.88 Å². The fourth-order valence-electron chi connectivity index (χ4n) is 3.78. The van der Waals surface area contributed by atoms with E-state index in [1.54, 1.807) is 60.3 Å². The first-order chi connectivity index (χ1) is 12.9. The molecular formula is C19H19ClN4O3. The van der Waals surface area contributed by atoms with Crippen LogP contribution in [-0.4, -0.2) is 63.9 Å². The molecule has 0 N–H and O–H groups in total. The molecule has 1 aromatic heterocycles. The highest BCUT2D eigenvalue weighted by molar-refractivity contribution is 6.30. The lowest BCUT2D eigenvalue weighted by molar-refractivity contribution is -0.134. The summed E-state index contributed by atoms with van der Waals surface area (Å²) in [6.07, 6.45) is 0.945. The van der Waals surface area contributed by atoms with Crippen molar-refractivity contribution < 1.29 is 14.3 Å². The van der Waals surface area contributed by atoms with Crippen molar-refractivity contribution >= 4 is 23.4 Å². The number of carbonyl (C=O) groups is 2. The first-order valence-corrected chi connectivity index (χ1v) is 9.09. The Morgan fingerprint density at radius 2 is 1.96 bits per heavy atom. The van der Waals surface area contributed by atoms with E-state index in [0.29, 0.717) is 35.4 Å². The monoisotopic (exact) mass is 386 g/mol. The van der Waals surface area contributed by atoms with E-state index >= 15 is 0 Å². The Morgan fingerprint density at radius 1 is 1.22 bits per heavy atom. The standard InChI is InChI=1S/C19H19ClN4O3/c1-11-21-8-7-16(22-11)27-17-14-9-24(10-15(14)23(2)19(17)26)18(25)12-3-5-13(20)6-4-12/h3-8,14-15,17H,9-10H2,1-2H3/t14-,15+,17-/m0/s1. The van der Waals surface area contributed by atoms with Crippen LogP contribution in [0.25, 0.3) is 0 Å². The average molecular weight is 387 g/mol. The molecule has 0 unspecified atom stereocenters. The Balaban J connectivity index is 1.53. The van der Waals surface area contributed by atoms with E-state index in [4.69, 9.17) is 16.3 Å². The first kappa shape index (κ1) is 17.7. The zero-order valence-corrected chi connectivity index (χ0v) is 15.8. The summed E-state index contributed by atoms with van der Waals surface area (Å²) in [6, 6.07) is 8.40. The second-order valence-electron chi connectivity index (χ2n) is 6.88. The maximum atomic E-state index is 12.8. The van der Waals surface area contributed by atoms with Crippen LogP contribution in [-0.2, 0) is 4.79 Å². The Bertz CT molecular complexity index is 889. The molecule has 2 aliphatic heterocycles. The highest BCUT2D eigenvalue weighted by Gasteiger charge is 2.53. The van der Waals surface area contributed by atoms with Crippen molar-refractivity contribution in [3.63, 3.8) is 0 Å².